The molecule has 0 saturated carbocycles. The van der Waals surface area contributed by atoms with E-state index in [1.807, 2.05) is 25.1 Å². The molecule has 3 heterocycles. The van der Waals surface area contributed by atoms with Gasteiger partial charge in [0.25, 0.3) is 0 Å². The molecule has 0 amide bonds. The van der Waals surface area contributed by atoms with Crippen LogP contribution in [0, 0.1) is 0 Å². The fourth-order valence-electron chi connectivity index (χ4n) is 3.52. The molecule has 2 fully saturated rings. The zero-order valence-electron chi connectivity index (χ0n) is 19.5. The molecule has 0 atom stereocenters. The molecule has 0 bridgehead atoms. The normalized spacial score (nSPS) is 16.5. The van der Waals surface area contributed by atoms with Crippen LogP contribution in [0.15, 0.2) is 36.0 Å². The molecule has 182 valence electrons. The van der Waals surface area contributed by atoms with Gasteiger partial charge in [-0.1, -0.05) is 12.7 Å². The molecule has 0 unspecified atom stereocenters. The number of nitrogens with zero attached hydrogens (tertiary/aromatic N) is 6. The van der Waals surface area contributed by atoms with Crippen LogP contribution in [0.3, 0.4) is 0 Å². The molecule has 0 aliphatic carbocycles. The van der Waals surface area contributed by atoms with E-state index in [1.54, 1.807) is 12.3 Å². The molecule has 0 radical (unpaired) electrons. The van der Waals surface area contributed by atoms with Crippen LogP contribution in [0.5, 0.6) is 11.5 Å². The third-order valence-corrected chi connectivity index (χ3v) is 5.20. The largest absolute Gasteiger partial charge is 0.490 e. The SMILES string of the molecule is C=CCOc1ccc(/C=N/Nc2nc(N3CCOCC3)nc(N3CCOCC3)n2)cc1OCC. The summed E-state index contributed by atoms with van der Waals surface area (Å²) in [7, 11) is 0. The van der Waals surface area contributed by atoms with E-state index in [0.717, 1.165) is 31.7 Å². The summed E-state index contributed by atoms with van der Waals surface area (Å²) in [4.78, 5) is 18.1. The Kier molecular flexibility index (Phi) is 8.47. The van der Waals surface area contributed by atoms with E-state index in [1.165, 1.54) is 0 Å². The standard InChI is InChI=1S/C23H31N7O4/c1-3-11-34-19-6-5-18(16-20(19)33-4-2)17-24-28-21-25-22(29-7-12-31-13-8-29)27-23(26-21)30-9-14-32-15-10-30/h3,5-6,16-17H,1,4,7-15H2,2H3,(H,25,26,27,28)/b24-17+. The number of hydrogen-bond acceptors (Lipinski definition) is 11. The zero-order valence-corrected chi connectivity index (χ0v) is 19.5. The fraction of sp³-hybridized carbons (Fsp3) is 0.478. The van der Waals surface area contributed by atoms with Gasteiger partial charge < -0.3 is 28.7 Å². The highest BCUT2D eigenvalue weighted by Gasteiger charge is 2.20. The lowest BCUT2D eigenvalue weighted by Gasteiger charge is -2.30. The first kappa shape index (κ1) is 23.7. The summed E-state index contributed by atoms with van der Waals surface area (Å²) in [6, 6.07) is 5.63. The van der Waals surface area contributed by atoms with Crippen molar-refractivity contribution in [2.75, 3.05) is 81.0 Å². The van der Waals surface area contributed by atoms with Crippen molar-refractivity contribution in [3.05, 3.63) is 36.4 Å². The second-order valence-corrected chi connectivity index (χ2v) is 7.57. The number of benzene rings is 1. The Morgan fingerprint density at radius 2 is 1.62 bits per heavy atom. The summed E-state index contributed by atoms with van der Waals surface area (Å²) in [6.45, 7) is 12.1. The van der Waals surface area contributed by atoms with Crippen molar-refractivity contribution in [3.8, 4) is 11.5 Å². The Balaban J connectivity index is 1.51. The van der Waals surface area contributed by atoms with Crippen LogP contribution in [-0.2, 0) is 9.47 Å². The number of hydrazone groups is 1. The van der Waals surface area contributed by atoms with E-state index in [9.17, 15) is 0 Å². The summed E-state index contributed by atoms with van der Waals surface area (Å²) in [5, 5.41) is 4.35. The number of anilines is 3. The molecule has 11 nitrogen and oxygen atoms in total. The van der Waals surface area contributed by atoms with Crippen LogP contribution in [0.2, 0.25) is 0 Å². The Labute approximate surface area is 199 Å². The van der Waals surface area contributed by atoms with Gasteiger partial charge in [-0.3, -0.25) is 0 Å². The van der Waals surface area contributed by atoms with E-state index in [2.05, 4.69) is 36.9 Å². The van der Waals surface area contributed by atoms with Crippen LogP contribution >= 0.6 is 0 Å². The van der Waals surface area contributed by atoms with Crippen LogP contribution < -0.4 is 24.7 Å². The number of nitrogens with one attached hydrogen (secondary N) is 1. The molecular weight excluding hydrogens is 438 g/mol. The molecule has 2 aliphatic rings. The molecule has 1 aromatic heterocycles. The number of aromatic nitrogens is 3. The van der Waals surface area contributed by atoms with Gasteiger partial charge in [0.15, 0.2) is 11.5 Å². The van der Waals surface area contributed by atoms with E-state index < -0.39 is 0 Å². The zero-order chi connectivity index (χ0) is 23.6. The Bertz CT molecular complexity index is 940. The summed E-state index contributed by atoms with van der Waals surface area (Å²) >= 11 is 0. The second kappa shape index (κ2) is 12.1. The minimum Gasteiger partial charge on any atom is -0.490 e. The molecule has 1 aromatic carbocycles. The van der Waals surface area contributed by atoms with Crippen molar-refractivity contribution in [2.45, 2.75) is 6.92 Å². The van der Waals surface area contributed by atoms with Crippen LogP contribution in [-0.4, -0.2) is 87.0 Å². The maximum atomic E-state index is 5.70. The van der Waals surface area contributed by atoms with Crippen LogP contribution in [0.4, 0.5) is 17.8 Å². The predicted octanol–water partition coefficient (Wildman–Crippen LogP) is 1.95. The number of ether oxygens (including phenoxy) is 4. The Morgan fingerprint density at radius 3 is 2.21 bits per heavy atom. The summed E-state index contributed by atoms with van der Waals surface area (Å²) < 4.78 is 22.3. The smallest absolute Gasteiger partial charge is 0.250 e. The summed E-state index contributed by atoms with van der Waals surface area (Å²) in [5.41, 5.74) is 3.80. The first-order valence-electron chi connectivity index (χ1n) is 11.5. The molecule has 4 rings (SSSR count). The minimum atomic E-state index is 0.380. The van der Waals surface area contributed by atoms with Crippen molar-refractivity contribution in [1.82, 2.24) is 15.0 Å². The number of hydrogen-bond donors (Lipinski definition) is 1. The van der Waals surface area contributed by atoms with Gasteiger partial charge in [0.1, 0.15) is 6.61 Å². The number of morpholine rings is 2. The lowest BCUT2D eigenvalue weighted by Crippen LogP contribution is -2.40. The van der Waals surface area contributed by atoms with E-state index in [4.69, 9.17) is 23.9 Å². The molecule has 2 aliphatic heterocycles. The van der Waals surface area contributed by atoms with Gasteiger partial charge in [-0.15, -0.1) is 0 Å². The van der Waals surface area contributed by atoms with E-state index >= 15 is 0 Å². The highest BCUT2D eigenvalue weighted by atomic mass is 16.5. The second-order valence-electron chi connectivity index (χ2n) is 7.57. The average molecular weight is 470 g/mol. The molecule has 11 heteroatoms. The van der Waals surface area contributed by atoms with Crippen molar-refractivity contribution in [2.24, 2.45) is 5.10 Å². The fourth-order valence-corrected chi connectivity index (χ4v) is 3.52. The monoisotopic (exact) mass is 469 g/mol. The van der Waals surface area contributed by atoms with Gasteiger partial charge in [-0.05, 0) is 30.7 Å². The third kappa shape index (κ3) is 6.33. The minimum absolute atomic E-state index is 0.380. The van der Waals surface area contributed by atoms with Crippen molar-refractivity contribution >= 4 is 24.1 Å². The topological polar surface area (TPSA) is 106 Å². The molecule has 1 N–H and O–H groups in total. The number of rotatable bonds is 10. The predicted molar refractivity (Wildman–Crippen MR) is 130 cm³/mol. The first-order chi connectivity index (χ1) is 16.8. The van der Waals surface area contributed by atoms with Crippen LogP contribution in [0.1, 0.15) is 12.5 Å². The maximum absolute atomic E-state index is 5.70. The van der Waals surface area contributed by atoms with Gasteiger partial charge in [0.2, 0.25) is 17.8 Å². The highest BCUT2D eigenvalue weighted by Crippen LogP contribution is 2.28. The van der Waals surface area contributed by atoms with Crippen molar-refractivity contribution < 1.29 is 18.9 Å². The van der Waals surface area contributed by atoms with E-state index in [0.29, 0.717) is 69.0 Å². The third-order valence-electron chi connectivity index (χ3n) is 5.20. The van der Waals surface area contributed by atoms with Crippen molar-refractivity contribution in [3.63, 3.8) is 0 Å². The first-order valence-corrected chi connectivity index (χ1v) is 11.5. The lowest BCUT2D eigenvalue weighted by atomic mass is 10.2. The molecule has 34 heavy (non-hydrogen) atoms. The van der Waals surface area contributed by atoms with Gasteiger partial charge in [0, 0.05) is 26.2 Å². The molecule has 2 saturated heterocycles. The molecule has 2 aromatic rings. The average Bonchev–Trinajstić information content (AvgIpc) is 2.89. The van der Waals surface area contributed by atoms with Crippen molar-refractivity contribution in [1.29, 1.82) is 0 Å². The van der Waals surface area contributed by atoms with E-state index in [-0.39, 0.29) is 0 Å². The van der Waals surface area contributed by atoms with Gasteiger partial charge >= 0.3 is 0 Å². The Hall–Kier alpha value is -3.44. The van der Waals surface area contributed by atoms with Gasteiger partial charge in [-0.2, -0.15) is 20.1 Å². The summed E-state index contributed by atoms with van der Waals surface area (Å²) in [5.74, 6) is 2.91. The molecule has 0 spiro atoms. The van der Waals surface area contributed by atoms with Gasteiger partial charge in [0.05, 0.1) is 39.2 Å². The quantitative estimate of drug-likeness (QED) is 0.315. The lowest BCUT2D eigenvalue weighted by molar-refractivity contribution is 0.121. The maximum Gasteiger partial charge on any atom is 0.250 e. The Morgan fingerprint density at radius 1 is 0.971 bits per heavy atom. The van der Waals surface area contributed by atoms with Gasteiger partial charge in [-0.25, -0.2) is 5.43 Å². The highest BCUT2D eigenvalue weighted by molar-refractivity contribution is 5.81. The van der Waals surface area contributed by atoms with Crippen LogP contribution in [0.25, 0.3) is 0 Å². The summed E-state index contributed by atoms with van der Waals surface area (Å²) in [6.07, 6.45) is 3.38. The molecular formula is C23H31N7O4.